The summed E-state index contributed by atoms with van der Waals surface area (Å²) in [6, 6.07) is 23.5. The molecule has 0 aliphatic carbocycles. The van der Waals surface area contributed by atoms with Gasteiger partial charge < -0.3 is 14.2 Å². The van der Waals surface area contributed by atoms with Crippen molar-refractivity contribution in [3.8, 4) is 6.07 Å². The quantitative estimate of drug-likeness (QED) is 0.336. The minimum atomic E-state index is 0. The molecule has 1 aromatic heterocycles. The van der Waals surface area contributed by atoms with Gasteiger partial charge in [0.2, 0.25) is 0 Å². The summed E-state index contributed by atoms with van der Waals surface area (Å²) in [4.78, 5) is 3.99. The van der Waals surface area contributed by atoms with Crippen molar-refractivity contribution in [3.05, 3.63) is 72.9 Å². The number of fused-ring (bicyclic) bond motifs is 4. The second kappa shape index (κ2) is 6.17. The molecule has 0 fully saturated rings. The van der Waals surface area contributed by atoms with Crippen LogP contribution in [0.2, 0.25) is 0 Å². The van der Waals surface area contributed by atoms with Gasteiger partial charge in [0.1, 0.15) is 11.7 Å². The van der Waals surface area contributed by atoms with Crippen LogP contribution in [0.3, 0.4) is 0 Å². The molecule has 0 spiro atoms. The van der Waals surface area contributed by atoms with Crippen LogP contribution < -0.4 is 9.80 Å². The Morgan fingerprint density at radius 2 is 1.88 bits per heavy atom. The van der Waals surface area contributed by atoms with Crippen molar-refractivity contribution in [2.24, 2.45) is 0 Å². The molecule has 0 saturated carbocycles. The normalized spacial score (nSPS) is 12.9. The average molecular weight is 516 g/mol. The Hall–Kier alpha value is -2.80. The van der Waals surface area contributed by atoms with Gasteiger partial charge in [0.15, 0.2) is 0 Å². The van der Waals surface area contributed by atoms with Gasteiger partial charge in [-0.3, -0.25) is 0 Å². The fraction of sp³-hybridized carbons (Fsp3) is 0.0476. The van der Waals surface area contributed by atoms with Gasteiger partial charge in [-0.2, -0.15) is 18.0 Å². The molecule has 0 N–H and O–H groups in total. The van der Waals surface area contributed by atoms with Gasteiger partial charge in [0.05, 0.1) is 5.56 Å². The first kappa shape index (κ1) is 16.7. The number of nitrogens with zero attached hydrogens (tertiary/aromatic N) is 3. The van der Waals surface area contributed by atoms with E-state index in [0.717, 1.165) is 39.0 Å². The molecule has 26 heavy (non-hydrogen) atoms. The zero-order valence-corrected chi connectivity index (χ0v) is 16.3. The third-order valence-corrected chi connectivity index (χ3v) is 4.58. The summed E-state index contributed by atoms with van der Waals surface area (Å²) < 4.78 is 5.95. The van der Waals surface area contributed by atoms with E-state index in [1.165, 1.54) is 0 Å². The van der Waals surface area contributed by atoms with Gasteiger partial charge in [0, 0.05) is 37.1 Å². The topological polar surface area (TPSA) is 43.4 Å². The Labute approximate surface area is 164 Å². The maximum Gasteiger partial charge on any atom is 0.120 e. The van der Waals surface area contributed by atoms with Crippen molar-refractivity contribution in [1.29, 1.82) is 5.26 Å². The molecular formula is C21H13IrN3O-2. The van der Waals surface area contributed by atoms with E-state index in [2.05, 4.69) is 24.3 Å². The molecule has 129 valence electrons. The van der Waals surface area contributed by atoms with Crippen LogP contribution in [0.25, 0.3) is 21.9 Å². The van der Waals surface area contributed by atoms with E-state index in [4.69, 9.17) is 4.42 Å². The Morgan fingerprint density at radius 3 is 2.73 bits per heavy atom. The molecule has 0 bridgehead atoms. The fourth-order valence-corrected chi connectivity index (χ4v) is 3.46. The molecule has 3 aromatic carbocycles. The standard InChI is InChI=1S/C21H13N3O.Ir/c1-23-13-24(18-7-4-5-14(12-22)21(18)23)15-9-10-17-16-6-2-3-8-19(16)25-20(17)11-15;/h2-10,13H,1H3;/q-2;. The molecule has 1 aliphatic rings. The maximum atomic E-state index is 9.37. The van der Waals surface area contributed by atoms with Gasteiger partial charge in [-0.1, -0.05) is 29.7 Å². The van der Waals surface area contributed by atoms with Crippen LogP contribution in [-0.2, 0) is 20.1 Å². The second-order valence-electron chi connectivity index (χ2n) is 6.07. The van der Waals surface area contributed by atoms with Crippen LogP contribution >= 0.6 is 0 Å². The molecule has 4 aromatic rings. The Bertz CT molecular complexity index is 1180. The van der Waals surface area contributed by atoms with Gasteiger partial charge in [-0.25, -0.2) is 0 Å². The first-order valence-electron chi connectivity index (χ1n) is 8.00. The van der Waals surface area contributed by atoms with Gasteiger partial charge in [-0.05, 0) is 30.6 Å². The summed E-state index contributed by atoms with van der Waals surface area (Å²) in [6.07, 6.45) is 0. The van der Waals surface area contributed by atoms with Crippen molar-refractivity contribution in [3.63, 3.8) is 0 Å². The zero-order valence-electron chi connectivity index (χ0n) is 13.9. The molecule has 0 unspecified atom stereocenters. The van der Waals surface area contributed by atoms with Crippen molar-refractivity contribution >= 4 is 39.0 Å². The maximum absolute atomic E-state index is 9.37. The van der Waals surface area contributed by atoms with E-state index in [0.29, 0.717) is 5.56 Å². The molecule has 5 heteroatoms. The number of hydrogen-bond donors (Lipinski definition) is 0. The van der Waals surface area contributed by atoms with E-state index in [1.807, 2.05) is 66.0 Å². The van der Waals surface area contributed by atoms with Crippen molar-refractivity contribution in [2.75, 3.05) is 16.8 Å². The summed E-state index contributed by atoms with van der Waals surface area (Å²) in [7, 11) is 1.94. The predicted octanol–water partition coefficient (Wildman–Crippen LogP) is 4.96. The molecule has 0 amide bonds. The molecule has 0 saturated heterocycles. The van der Waals surface area contributed by atoms with Crippen LogP contribution in [0, 0.1) is 24.1 Å². The number of nitriles is 1. The van der Waals surface area contributed by atoms with Crippen LogP contribution in [0.4, 0.5) is 17.1 Å². The summed E-state index contributed by atoms with van der Waals surface area (Å²) in [6.45, 7) is 1.96. The van der Waals surface area contributed by atoms with Crippen LogP contribution in [0.15, 0.2) is 59.0 Å². The number of anilines is 3. The third-order valence-electron chi connectivity index (χ3n) is 4.58. The summed E-state index contributed by atoms with van der Waals surface area (Å²) in [5.74, 6) is 0. The predicted molar refractivity (Wildman–Crippen MR) is 98.6 cm³/mol. The Morgan fingerprint density at radius 1 is 1.04 bits per heavy atom. The van der Waals surface area contributed by atoms with E-state index in [-0.39, 0.29) is 20.1 Å². The van der Waals surface area contributed by atoms with Crippen LogP contribution in [-0.4, -0.2) is 7.05 Å². The molecular weight excluding hydrogens is 502 g/mol. The fourth-order valence-electron chi connectivity index (χ4n) is 3.46. The Kier molecular flexibility index (Phi) is 3.96. The van der Waals surface area contributed by atoms with E-state index in [1.54, 1.807) is 0 Å². The molecule has 1 radical (unpaired) electrons. The summed E-state index contributed by atoms with van der Waals surface area (Å²) >= 11 is 0. The van der Waals surface area contributed by atoms with Gasteiger partial charge >= 0.3 is 0 Å². The SMILES string of the molecule is CN1[CH-]N(c2[c-]c3oc4ccccc4c3cc2)c2cccc(C#N)c21.[Ir]. The van der Waals surface area contributed by atoms with Gasteiger partial charge in [-0.15, -0.1) is 17.8 Å². The van der Waals surface area contributed by atoms with E-state index < -0.39 is 0 Å². The molecule has 0 atom stereocenters. The largest absolute Gasteiger partial charge is 0.503 e. The van der Waals surface area contributed by atoms with E-state index in [9.17, 15) is 5.26 Å². The average Bonchev–Trinajstić information content (AvgIpc) is 3.19. The minimum Gasteiger partial charge on any atom is -0.503 e. The summed E-state index contributed by atoms with van der Waals surface area (Å²) in [5.41, 5.74) is 5.01. The molecule has 1 aliphatic heterocycles. The van der Waals surface area contributed by atoms with Gasteiger partial charge in [0.25, 0.3) is 0 Å². The first-order chi connectivity index (χ1) is 12.3. The second-order valence-corrected chi connectivity index (χ2v) is 6.07. The van der Waals surface area contributed by atoms with Crippen molar-refractivity contribution in [2.45, 2.75) is 0 Å². The number of rotatable bonds is 1. The molecule has 2 heterocycles. The number of benzene rings is 3. The Balaban J connectivity index is 0.00000168. The summed E-state index contributed by atoms with van der Waals surface area (Å²) in [5, 5.41) is 11.5. The molecule has 4 nitrogen and oxygen atoms in total. The third kappa shape index (κ3) is 2.31. The van der Waals surface area contributed by atoms with E-state index >= 15 is 0 Å². The van der Waals surface area contributed by atoms with Crippen molar-refractivity contribution < 1.29 is 24.5 Å². The molecule has 5 rings (SSSR count). The first-order valence-corrected chi connectivity index (χ1v) is 8.00. The smallest absolute Gasteiger partial charge is 0.120 e. The van der Waals surface area contributed by atoms with Crippen LogP contribution in [0.5, 0.6) is 0 Å². The van der Waals surface area contributed by atoms with Crippen LogP contribution in [0.1, 0.15) is 5.56 Å². The number of hydrogen-bond acceptors (Lipinski definition) is 4. The number of furan rings is 1. The van der Waals surface area contributed by atoms with Crippen molar-refractivity contribution in [1.82, 2.24) is 0 Å². The zero-order chi connectivity index (χ0) is 17.0. The minimum absolute atomic E-state index is 0. The number of para-hydroxylation sites is 2. The monoisotopic (exact) mass is 516 g/mol.